The number of benzene rings is 3. The van der Waals surface area contributed by atoms with Gasteiger partial charge in [0, 0.05) is 0 Å². The Hall–Kier alpha value is -2.54. The van der Waals surface area contributed by atoms with Crippen molar-refractivity contribution in [2.75, 3.05) is 10.8 Å². The lowest BCUT2D eigenvalue weighted by molar-refractivity contribution is -0.120. The van der Waals surface area contributed by atoms with E-state index < -0.39 is 22.5 Å². The minimum absolute atomic E-state index is 0.0699. The molecule has 5 nitrogen and oxygen atoms in total. The van der Waals surface area contributed by atoms with Crippen LogP contribution in [-0.4, -0.2) is 20.9 Å². The zero-order valence-electron chi connectivity index (χ0n) is 17.0. The van der Waals surface area contributed by atoms with E-state index in [4.69, 9.17) is 23.2 Å². The van der Waals surface area contributed by atoms with Crippen molar-refractivity contribution in [3.63, 3.8) is 0 Å². The quantitative estimate of drug-likeness (QED) is 0.497. The van der Waals surface area contributed by atoms with Gasteiger partial charge in [0.15, 0.2) is 0 Å². The van der Waals surface area contributed by atoms with Crippen LogP contribution in [-0.2, 0) is 14.8 Å². The Kier molecular flexibility index (Phi) is 7.26. The Balaban J connectivity index is 1.90. The Morgan fingerprint density at radius 2 is 1.61 bits per heavy atom. The number of carbonyl (C=O) groups is 1. The van der Waals surface area contributed by atoms with Crippen LogP contribution in [0.5, 0.6) is 0 Å². The molecule has 0 bridgehead atoms. The minimum atomic E-state index is -4.01. The number of amides is 1. The molecule has 0 aliphatic heterocycles. The van der Waals surface area contributed by atoms with E-state index in [1.165, 1.54) is 30.3 Å². The van der Waals surface area contributed by atoms with Gasteiger partial charge >= 0.3 is 0 Å². The molecule has 3 aromatic carbocycles. The van der Waals surface area contributed by atoms with Crippen LogP contribution < -0.4 is 9.62 Å². The fourth-order valence-electron chi connectivity index (χ4n) is 3.03. The third kappa shape index (κ3) is 5.58. The third-order valence-corrected chi connectivity index (χ3v) is 7.29. The largest absolute Gasteiger partial charge is 0.348 e. The summed E-state index contributed by atoms with van der Waals surface area (Å²) in [5, 5.41) is 3.35. The molecular formula is C23H22Cl2N2O3S. The topological polar surface area (TPSA) is 66.5 Å². The van der Waals surface area contributed by atoms with Crippen molar-refractivity contribution < 1.29 is 13.2 Å². The maximum absolute atomic E-state index is 13.3. The van der Waals surface area contributed by atoms with Gasteiger partial charge in [-0.05, 0) is 49.7 Å². The molecule has 0 aliphatic carbocycles. The van der Waals surface area contributed by atoms with Gasteiger partial charge in [-0.15, -0.1) is 0 Å². The lowest BCUT2D eigenvalue weighted by Crippen LogP contribution is -2.41. The van der Waals surface area contributed by atoms with Crippen molar-refractivity contribution in [2.45, 2.75) is 24.8 Å². The molecule has 162 valence electrons. The van der Waals surface area contributed by atoms with Gasteiger partial charge in [0.1, 0.15) is 6.54 Å². The number of hydrogen-bond donors (Lipinski definition) is 1. The highest BCUT2D eigenvalue weighted by Crippen LogP contribution is 2.30. The average molecular weight is 477 g/mol. The van der Waals surface area contributed by atoms with E-state index in [0.29, 0.717) is 5.02 Å². The number of aryl methyl sites for hydroxylation is 1. The number of rotatable bonds is 7. The van der Waals surface area contributed by atoms with E-state index >= 15 is 0 Å². The molecular weight excluding hydrogens is 455 g/mol. The molecule has 0 radical (unpaired) electrons. The molecule has 0 fully saturated rings. The third-order valence-electron chi connectivity index (χ3n) is 4.76. The maximum Gasteiger partial charge on any atom is 0.264 e. The molecule has 3 aromatic rings. The summed E-state index contributed by atoms with van der Waals surface area (Å²) >= 11 is 12.1. The van der Waals surface area contributed by atoms with E-state index in [0.717, 1.165) is 15.4 Å². The van der Waals surface area contributed by atoms with Gasteiger partial charge in [-0.2, -0.15) is 0 Å². The fourth-order valence-corrected chi connectivity index (χ4v) is 4.76. The second-order valence-corrected chi connectivity index (χ2v) is 9.80. The smallest absolute Gasteiger partial charge is 0.264 e. The van der Waals surface area contributed by atoms with Crippen LogP contribution in [0.3, 0.4) is 0 Å². The SMILES string of the molecule is Cc1ccc([C@H](C)NC(=O)CN(c2ccc(Cl)c(Cl)c2)S(=O)(=O)c2ccccc2)cc1. The van der Waals surface area contributed by atoms with Crippen molar-refractivity contribution in [1.29, 1.82) is 0 Å². The zero-order valence-corrected chi connectivity index (χ0v) is 19.4. The Morgan fingerprint density at radius 1 is 0.968 bits per heavy atom. The predicted octanol–water partition coefficient (Wildman–Crippen LogP) is 5.37. The van der Waals surface area contributed by atoms with Crippen molar-refractivity contribution >= 4 is 44.8 Å². The lowest BCUT2D eigenvalue weighted by Gasteiger charge is -2.25. The summed E-state index contributed by atoms with van der Waals surface area (Å²) in [6, 6.07) is 19.9. The first-order chi connectivity index (χ1) is 14.7. The molecule has 1 N–H and O–H groups in total. The van der Waals surface area contributed by atoms with Crippen LogP contribution in [0.25, 0.3) is 0 Å². The van der Waals surface area contributed by atoms with E-state index in [2.05, 4.69) is 5.32 Å². The highest BCUT2D eigenvalue weighted by molar-refractivity contribution is 7.92. The summed E-state index contributed by atoms with van der Waals surface area (Å²) in [5.74, 6) is -0.446. The number of carbonyl (C=O) groups excluding carboxylic acids is 1. The second kappa shape index (κ2) is 9.73. The summed E-state index contributed by atoms with van der Waals surface area (Å²) in [6.07, 6.45) is 0. The highest BCUT2D eigenvalue weighted by atomic mass is 35.5. The molecule has 0 aliphatic rings. The van der Waals surface area contributed by atoms with Crippen LogP contribution in [0.1, 0.15) is 24.1 Å². The molecule has 0 heterocycles. The normalized spacial score (nSPS) is 12.3. The molecule has 1 atom stereocenters. The molecule has 31 heavy (non-hydrogen) atoms. The molecule has 0 unspecified atom stereocenters. The van der Waals surface area contributed by atoms with Crippen LogP contribution in [0.15, 0.2) is 77.7 Å². The molecule has 0 aromatic heterocycles. The summed E-state index contributed by atoms with van der Waals surface area (Å²) in [4.78, 5) is 12.9. The van der Waals surface area contributed by atoms with Crippen LogP contribution in [0, 0.1) is 6.92 Å². The lowest BCUT2D eigenvalue weighted by atomic mass is 10.1. The van der Waals surface area contributed by atoms with Gasteiger partial charge in [-0.25, -0.2) is 8.42 Å². The van der Waals surface area contributed by atoms with Crippen LogP contribution >= 0.6 is 23.2 Å². The Labute approximate surface area is 192 Å². The molecule has 0 saturated heterocycles. The maximum atomic E-state index is 13.3. The van der Waals surface area contributed by atoms with Crippen molar-refractivity contribution in [3.05, 3.63) is 94.0 Å². The van der Waals surface area contributed by atoms with Crippen molar-refractivity contribution in [3.8, 4) is 0 Å². The predicted molar refractivity (Wildman–Crippen MR) is 125 cm³/mol. The minimum Gasteiger partial charge on any atom is -0.348 e. The summed E-state index contributed by atoms with van der Waals surface area (Å²) in [6.45, 7) is 3.42. The van der Waals surface area contributed by atoms with E-state index in [1.807, 2.05) is 38.1 Å². The number of nitrogens with zero attached hydrogens (tertiary/aromatic N) is 1. The summed E-state index contributed by atoms with van der Waals surface area (Å²) < 4.78 is 27.7. The first kappa shape index (κ1) is 23.1. The van der Waals surface area contributed by atoms with Crippen molar-refractivity contribution in [1.82, 2.24) is 5.32 Å². The molecule has 8 heteroatoms. The Morgan fingerprint density at radius 3 is 2.23 bits per heavy atom. The van der Waals surface area contributed by atoms with E-state index in [9.17, 15) is 13.2 Å². The number of nitrogens with one attached hydrogen (secondary N) is 1. The molecule has 0 spiro atoms. The average Bonchev–Trinajstić information content (AvgIpc) is 2.75. The number of hydrogen-bond acceptors (Lipinski definition) is 3. The van der Waals surface area contributed by atoms with Gasteiger partial charge in [-0.3, -0.25) is 9.10 Å². The first-order valence-corrected chi connectivity index (χ1v) is 11.8. The van der Waals surface area contributed by atoms with Crippen LogP contribution in [0.2, 0.25) is 10.0 Å². The van der Waals surface area contributed by atoms with Gasteiger partial charge < -0.3 is 5.32 Å². The van der Waals surface area contributed by atoms with E-state index in [-0.39, 0.29) is 21.6 Å². The first-order valence-electron chi connectivity index (χ1n) is 9.57. The second-order valence-electron chi connectivity index (χ2n) is 7.12. The van der Waals surface area contributed by atoms with E-state index in [1.54, 1.807) is 18.2 Å². The fraction of sp³-hybridized carbons (Fsp3) is 0.174. The zero-order chi connectivity index (χ0) is 22.6. The van der Waals surface area contributed by atoms with Crippen molar-refractivity contribution in [2.24, 2.45) is 0 Å². The Bertz CT molecular complexity index is 1170. The van der Waals surface area contributed by atoms with Gasteiger partial charge in [0.25, 0.3) is 10.0 Å². The summed E-state index contributed by atoms with van der Waals surface area (Å²) in [7, 11) is -4.01. The monoisotopic (exact) mass is 476 g/mol. The number of halogens is 2. The summed E-state index contributed by atoms with van der Waals surface area (Å²) in [5.41, 5.74) is 2.28. The molecule has 3 rings (SSSR count). The van der Waals surface area contributed by atoms with Gasteiger partial charge in [0.2, 0.25) is 5.91 Å². The van der Waals surface area contributed by atoms with Gasteiger partial charge in [0.05, 0.1) is 26.7 Å². The number of sulfonamides is 1. The van der Waals surface area contributed by atoms with Crippen LogP contribution in [0.4, 0.5) is 5.69 Å². The highest BCUT2D eigenvalue weighted by Gasteiger charge is 2.28. The number of anilines is 1. The molecule has 0 saturated carbocycles. The molecule has 1 amide bonds. The standard InChI is InChI=1S/C23H22Cl2N2O3S/c1-16-8-10-18(11-9-16)17(2)26-23(28)15-27(19-12-13-21(24)22(25)14-19)31(29,30)20-6-4-3-5-7-20/h3-14,17H,15H2,1-2H3,(H,26,28)/t17-/m0/s1. The van der Waals surface area contributed by atoms with Gasteiger partial charge in [-0.1, -0.05) is 71.2 Å².